The number of alkyl halides is 4. The highest BCUT2D eigenvalue weighted by molar-refractivity contribution is 5.95. The van der Waals surface area contributed by atoms with E-state index in [1.54, 1.807) is 48.5 Å². The lowest BCUT2D eigenvalue weighted by molar-refractivity contribution is -0.192. The first-order chi connectivity index (χ1) is 20.4. The number of anilines is 1. The largest absolute Gasteiger partial charge is 0.494 e. The SMILES string of the molecule is CCOc1cc(OCCF)cc([C@H](Nc2ccc(C(=N)N)cc2)c2nn(-c3ncccn3)c(=O)[nH]2)c1.O=C(O)C(F)(F)F. The van der Waals surface area contributed by atoms with E-state index in [2.05, 4.69) is 25.4 Å². The van der Waals surface area contributed by atoms with Crippen molar-refractivity contribution in [1.82, 2.24) is 24.7 Å². The Kier molecular flexibility index (Phi) is 10.7. The van der Waals surface area contributed by atoms with Crippen LogP contribution in [0, 0.1) is 5.41 Å². The number of nitrogen functional groups attached to an aromatic ring is 1. The van der Waals surface area contributed by atoms with Gasteiger partial charge in [0.25, 0.3) is 5.95 Å². The molecule has 0 aliphatic heterocycles. The minimum absolute atomic E-state index is 0.0527. The number of nitrogens with two attached hydrogens (primary N) is 1. The number of nitrogens with zero attached hydrogens (tertiary/aromatic N) is 4. The monoisotopic (exact) mass is 606 g/mol. The summed E-state index contributed by atoms with van der Waals surface area (Å²) < 4.78 is 56.8. The van der Waals surface area contributed by atoms with Crippen molar-refractivity contribution >= 4 is 17.5 Å². The molecule has 13 nitrogen and oxygen atoms in total. The van der Waals surface area contributed by atoms with Crippen LogP contribution in [0.15, 0.2) is 65.7 Å². The zero-order valence-electron chi connectivity index (χ0n) is 22.4. The number of hydrogen-bond acceptors (Lipinski definition) is 9. The highest BCUT2D eigenvalue weighted by atomic mass is 19.4. The predicted molar refractivity (Wildman–Crippen MR) is 145 cm³/mol. The van der Waals surface area contributed by atoms with Crippen LogP contribution in [-0.2, 0) is 4.79 Å². The quantitative estimate of drug-likeness (QED) is 0.0961. The molecule has 0 amide bonds. The number of aliphatic carboxylic acids is 1. The van der Waals surface area contributed by atoms with Gasteiger partial charge in [-0.25, -0.2) is 23.9 Å². The fraction of sp³-hybridized carbons (Fsp3) is 0.231. The van der Waals surface area contributed by atoms with E-state index in [-0.39, 0.29) is 24.2 Å². The smallest absolute Gasteiger partial charge is 0.490 e. The van der Waals surface area contributed by atoms with E-state index in [4.69, 9.17) is 30.5 Å². The van der Waals surface area contributed by atoms with Gasteiger partial charge in [-0.2, -0.15) is 13.2 Å². The molecule has 0 spiro atoms. The average molecular weight is 607 g/mol. The summed E-state index contributed by atoms with van der Waals surface area (Å²) in [5.74, 6) is -1.51. The minimum atomic E-state index is -5.08. The van der Waals surface area contributed by atoms with Crippen molar-refractivity contribution in [2.24, 2.45) is 5.73 Å². The zero-order chi connectivity index (χ0) is 31.6. The van der Waals surface area contributed by atoms with E-state index in [0.29, 0.717) is 34.9 Å². The van der Waals surface area contributed by atoms with Crippen LogP contribution in [0.5, 0.6) is 11.5 Å². The van der Waals surface area contributed by atoms with E-state index in [0.717, 1.165) is 4.68 Å². The molecule has 0 bridgehead atoms. The first-order valence-electron chi connectivity index (χ1n) is 12.4. The molecular formula is C26H26F4N8O5. The normalized spacial score (nSPS) is 11.6. The van der Waals surface area contributed by atoms with Crippen LogP contribution in [0.25, 0.3) is 5.95 Å². The molecule has 17 heteroatoms. The van der Waals surface area contributed by atoms with Crippen molar-refractivity contribution < 1.29 is 36.9 Å². The molecule has 4 aromatic rings. The van der Waals surface area contributed by atoms with Gasteiger partial charge in [0.1, 0.15) is 36.7 Å². The molecule has 43 heavy (non-hydrogen) atoms. The highest BCUT2D eigenvalue weighted by Crippen LogP contribution is 2.31. The number of aromatic amines is 1. The van der Waals surface area contributed by atoms with Crippen LogP contribution >= 0.6 is 0 Å². The highest BCUT2D eigenvalue weighted by Gasteiger charge is 2.38. The zero-order valence-corrected chi connectivity index (χ0v) is 22.4. The van der Waals surface area contributed by atoms with E-state index in [1.807, 2.05) is 6.92 Å². The van der Waals surface area contributed by atoms with Gasteiger partial charge in [-0.05, 0) is 55.0 Å². The molecular weight excluding hydrogens is 580 g/mol. The molecule has 4 rings (SSSR count). The molecule has 0 fully saturated rings. The standard InChI is InChI=1S/C24H25FN8O3.C2HF3O2/c1-2-35-18-12-16(13-19(14-18)36-11-8-25)20(30-17-6-4-15(5-7-17)21(26)27)22-31-24(34)33(32-22)23-28-9-3-10-29-23;3-2(4,5)1(6)7/h3-7,9-10,12-14,20,30H,2,8,11H2,1H3,(H3,26,27)(H,31,32,34);(H,6,7)/t20-;/m0./s1. The predicted octanol–water partition coefficient (Wildman–Crippen LogP) is 3.22. The first kappa shape index (κ1) is 32.0. The number of ether oxygens (including phenoxy) is 2. The lowest BCUT2D eigenvalue weighted by atomic mass is 10.0. The second-order valence-corrected chi connectivity index (χ2v) is 8.36. The Morgan fingerprint density at radius 1 is 1.14 bits per heavy atom. The third-order valence-corrected chi connectivity index (χ3v) is 5.29. The van der Waals surface area contributed by atoms with Crippen molar-refractivity contribution in [2.75, 3.05) is 25.2 Å². The average Bonchev–Trinajstić information content (AvgIpc) is 3.36. The van der Waals surface area contributed by atoms with E-state index in [1.165, 1.54) is 12.4 Å². The maximum absolute atomic E-state index is 12.8. The van der Waals surface area contributed by atoms with Gasteiger partial charge in [0, 0.05) is 29.7 Å². The molecule has 0 aliphatic rings. The fourth-order valence-corrected chi connectivity index (χ4v) is 3.48. The van der Waals surface area contributed by atoms with Crippen LogP contribution in [0.2, 0.25) is 0 Å². The molecule has 0 unspecified atom stereocenters. The molecule has 0 aliphatic carbocycles. The summed E-state index contributed by atoms with van der Waals surface area (Å²) in [6.07, 6.45) is -2.06. The molecule has 2 aromatic carbocycles. The third kappa shape index (κ3) is 9.00. The number of carboxylic acid groups (broad SMARTS) is 1. The Balaban J connectivity index is 0.000000646. The summed E-state index contributed by atoms with van der Waals surface area (Å²) in [6.45, 7) is 1.50. The van der Waals surface area contributed by atoms with Gasteiger partial charge in [-0.15, -0.1) is 9.78 Å². The molecule has 0 radical (unpaired) electrons. The molecule has 6 N–H and O–H groups in total. The molecule has 2 heterocycles. The van der Waals surface area contributed by atoms with Gasteiger partial charge >= 0.3 is 17.8 Å². The summed E-state index contributed by atoms with van der Waals surface area (Å²) in [5.41, 5.74) is 6.92. The Morgan fingerprint density at radius 2 is 1.74 bits per heavy atom. The summed E-state index contributed by atoms with van der Waals surface area (Å²) in [4.78, 5) is 32.6. The molecule has 228 valence electrons. The fourth-order valence-electron chi connectivity index (χ4n) is 3.48. The minimum Gasteiger partial charge on any atom is -0.494 e. The van der Waals surface area contributed by atoms with Crippen LogP contribution in [-0.4, -0.2) is 67.7 Å². The summed E-state index contributed by atoms with van der Waals surface area (Å²) in [7, 11) is 0. The number of hydrogen-bond donors (Lipinski definition) is 5. The number of benzene rings is 2. The Hall–Kier alpha value is -5.48. The lowest BCUT2D eigenvalue weighted by Crippen LogP contribution is -2.21. The van der Waals surface area contributed by atoms with Gasteiger partial charge in [-0.1, -0.05) is 0 Å². The Morgan fingerprint density at radius 3 is 2.28 bits per heavy atom. The van der Waals surface area contributed by atoms with Gasteiger partial charge < -0.3 is 25.6 Å². The molecule has 2 aromatic heterocycles. The van der Waals surface area contributed by atoms with E-state index in [9.17, 15) is 22.4 Å². The third-order valence-electron chi connectivity index (χ3n) is 5.29. The molecule has 0 saturated heterocycles. The van der Waals surface area contributed by atoms with Gasteiger partial charge in [-0.3, -0.25) is 10.4 Å². The second kappa shape index (κ2) is 14.4. The Labute approximate surface area is 240 Å². The number of halogens is 4. The second-order valence-electron chi connectivity index (χ2n) is 8.36. The van der Waals surface area contributed by atoms with Crippen LogP contribution in [0.3, 0.4) is 0 Å². The van der Waals surface area contributed by atoms with Gasteiger partial charge in [0.2, 0.25) is 0 Å². The van der Waals surface area contributed by atoms with Crippen LogP contribution < -0.4 is 26.2 Å². The van der Waals surface area contributed by atoms with Gasteiger partial charge in [0.05, 0.1) is 6.61 Å². The van der Waals surface area contributed by atoms with Crippen molar-refractivity contribution in [3.8, 4) is 17.4 Å². The summed E-state index contributed by atoms with van der Waals surface area (Å²) in [6, 6.07) is 13.0. The van der Waals surface area contributed by atoms with E-state index >= 15 is 0 Å². The van der Waals surface area contributed by atoms with Crippen molar-refractivity contribution in [1.29, 1.82) is 5.41 Å². The Bertz CT molecular complexity index is 1580. The maximum Gasteiger partial charge on any atom is 0.490 e. The number of carbonyl (C=O) groups is 1. The van der Waals surface area contributed by atoms with E-state index < -0.39 is 30.6 Å². The number of H-pyrrole nitrogens is 1. The van der Waals surface area contributed by atoms with Crippen molar-refractivity contribution in [3.63, 3.8) is 0 Å². The number of aromatic nitrogens is 5. The summed E-state index contributed by atoms with van der Waals surface area (Å²) >= 11 is 0. The number of rotatable bonds is 11. The van der Waals surface area contributed by atoms with Crippen LogP contribution in [0.4, 0.5) is 23.2 Å². The van der Waals surface area contributed by atoms with Crippen LogP contribution in [0.1, 0.15) is 29.9 Å². The molecule has 0 saturated carbocycles. The summed E-state index contributed by atoms with van der Waals surface area (Å²) in [5, 5.41) is 22.5. The number of carboxylic acids is 1. The van der Waals surface area contributed by atoms with Crippen molar-refractivity contribution in [3.05, 3.63) is 88.4 Å². The topological polar surface area (TPSA) is 194 Å². The van der Waals surface area contributed by atoms with Crippen molar-refractivity contribution in [2.45, 2.75) is 19.1 Å². The molecule has 1 atom stereocenters. The number of amidine groups is 1. The lowest BCUT2D eigenvalue weighted by Gasteiger charge is -2.20. The number of nitrogens with one attached hydrogen (secondary N) is 3. The van der Waals surface area contributed by atoms with Gasteiger partial charge in [0.15, 0.2) is 5.82 Å². The first-order valence-corrected chi connectivity index (χ1v) is 12.4. The maximum atomic E-state index is 12.8.